The van der Waals surface area contributed by atoms with Crippen molar-refractivity contribution in [2.45, 2.75) is 12.8 Å². The first-order valence-corrected chi connectivity index (χ1v) is 4.08. The highest BCUT2D eigenvalue weighted by atomic mass is 79.9. The van der Waals surface area contributed by atoms with Gasteiger partial charge in [0.25, 0.3) is 0 Å². The topological polar surface area (TPSA) is 33.1 Å². The van der Waals surface area contributed by atoms with Gasteiger partial charge in [0.15, 0.2) is 5.69 Å². The zero-order valence-corrected chi connectivity index (χ0v) is 7.85. The molecule has 0 amide bonds. The molecule has 1 aromatic rings. The van der Waals surface area contributed by atoms with Crippen LogP contribution in [0.15, 0.2) is 16.7 Å². The number of hydrogen-bond donors (Lipinski definition) is 1. The molecule has 2 nitrogen and oxygen atoms in total. The Hall–Kier alpha value is -0.620. The van der Waals surface area contributed by atoms with E-state index < -0.39 is 18.5 Å². The van der Waals surface area contributed by atoms with Crippen LogP contribution in [0.3, 0.4) is 0 Å². The summed E-state index contributed by atoms with van der Waals surface area (Å²) in [6.45, 7) is -0.672. The first kappa shape index (κ1) is 10.5. The van der Waals surface area contributed by atoms with Crippen LogP contribution in [0, 0.1) is 0 Å². The Labute approximate surface area is 80.5 Å². The molecule has 0 radical (unpaired) electrons. The lowest BCUT2D eigenvalue weighted by Gasteiger charge is -2.09. The molecule has 0 bridgehead atoms. The summed E-state index contributed by atoms with van der Waals surface area (Å²) < 4.78 is 36.8. The third kappa shape index (κ3) is 2.41. The molecule has 0 saturated carbocycles. The number of aliphatic hydroxyl groups excluding tert-OH is 1. The van der Waals surface area contributed by atoms with E-state index in [1.54, 1.807) is 0 Å². The van der Waals surface area contributed by atoms with Crippen molar-refractivity contribution in [3.8, 4) is 0 Å². The van der Waals surface area contributed by atoms with E-state index in [1.165, 1.54) is 12.1 Å². The summed E-state index contributed by atoms with van der Waals surface area (Å²) in [4.78, 5) is 3.25. The first-order chi connectivity index (χ1) is 5.95. The Morgan fingerprint density at radius 1 is 1.38 bits per heavy atom. The maximum Gasteiger partial charge on any atom is 0.433 e. The molecule has 0 fully saturated rings. The van der Waals surface area contributed by atoms with Crippen LogP contribution in [0.2, 0.25) is 0 Å². The lowest BCUT2D eigenvalue weighted by molar-refractivity contribution is -0.142. The number of nitrogens with zero attached hydrogens (tertiary/aromatic N) is 1. The van der Waals surface area contributed by atoms with Crippen LogP contribution in [0.1, 0.15) is 11.3 Å². The Balaban J connectivity index is 3.24. The van der Waals surface area contributed by atoms with Crippen LogP contribution in [0.5, 0.6) is 0 Å². The van der Waals surface area contributed by atoms with E-state index in [0.717, 1.165) is 0 Å². The third-order valence-electron chi connectivity index (χ3n) is 1.38. The van der Waals surface area contributed by atoms with Gasteiger partial charge in [0.05, 0.1) is 6.61 Å². The van der Waals surface area contributed by atoms with E-state index in [4.69, 9.17) is 5.11 Å². The molecular weight excluding hydrogens is 251 g/mol. The number of hydrogen-bond acceptors (Lipinski definition) is 2. The highest BCUT2D eigenvalue weighted by Gasteiger charge is 2.35. The van der Waals surface area contributed by atoms with Crippen LogP contribution < -0.4 is 0 Å². The van der Waals surface area contributed by atoms with Crippen molar-refractivity contribution in [3.05, 3.63) is 28.0 Å². The number of pyridine rings is 1. The maximum atomic E-state index is 12.2. The highest BCUT2D eigenvalue weighted by Crippen LogP contribution is 2.31. The van der Waals surface area contributed by atoms with Crippen molar-refractivity contribution in [2.24, 2.45) is 0 Å². The minimum Gasteiger partial charge on any atom is -0.392 e. The lowest BCUT2D eigenvalue weighted by Crippen LogP contribution is -2.12. The summed E-state index contributed by atoms with van der Waals surface area (Å²) in [5.74, 6) is 0. The maximum absolute atomic E-state index is 12.2. The highest BCUT2D eigenvalue weighted by molar-refractivity contribution is 9.10. The molecule has 0 aliphatic rings. The van der Waals surface area contributed by atoms with Gasteiger partial charge in [-0.2, -0.15) is 13.2 Å². The molecule has 0 unspecified atom stereocenters. The zero-order chi connectivity index (χ0) is 10.1. The normalized spacial score (nSPS) is 11.8. The van der Waals surface area contributed by atoms with E-state index in [2.05, 4.69) is 20.9 Å². The Morgan fingerprint density at radius 3 is 2.46 bits per heavy atom. The van der Waals surface area contributed by atoms with Crippen LogP contribution >= 0.6 is 15.9 Å². The van der Waals surface area contributed by atoms with Gasteiger partial charge in [0.2, 0.25) is 0 Å². The van der Waals surface area contributed by atoms with Crippen molar-refractivity contribution in [1.29, 1.82) is 0 Å². The first-order valence-electron chi connectivity index (χ1n) is 3.28. The summed E-state index contributed by atoms with van der Waals surface area (Å²) in [5, 5.41) is 8.62. The Kier molecular flexibility index (Phi) is 2.92. The lowest BCUT2D eigenvalue weighted by atomic mass is 10.2. The van der Waals surface area contributed by atoms with E-state index in [-0.39, 0.29) is 10.2 Å². The number of aromatic nitrogens is 1. The average Bonchev–Trinajstić information content (AvgIpc) is 2.03. The molecule has 13 heavy (non-hydrogen) atoms. The molecule has 0 saturated heterocycles. The van der Waals surface area contributed by atoms with E-state index >= 15 is 0 Å². The summed E-state index contributed by atoms with van der Waals surface area (Å²) in [6, 6.07) is 2.53. The molecule has 0 aliphatic heterocycles. The predicted molar refractivity (Wildman–Crippen MR) is 42.9 cm³/mol. The summed E-state index contributed by atoms with van der Waals surface area (Å²) in [7, 11) is 0. The van der Waals surface area contributed by atoms with Gasteiger partial charge >= 0.3 is 6.18 Å². The average molecular weight is 256 g/mol. The standard InChI is InChI=1S/C7H5BrF3NO/c8-5-2-1-4(3-13)6(12-5)7(9,10)11/h1-2,13H,3H2. The molecule has 1 N–H and O–H groups in total. The fourth-order valence-electron chi connectivity index (χ4n) is 0.837. The van der Waals surface area contributed by atoms with Gasteiger partial charge in [-0.3, -0.25) is 0 Å². The molecule has 1 heterocycles. The van der Waals surface area contributed by atoms with Gasteiger partial charge in [0, 0.05) is 5.56 Å². The Morgan fingerprint density at radius 2 is 2.00 bits per heavy atom. The van der Waals surface area contributed by atoms with Crippen molar-refractivity contribution in [2.75, 3.05) is 0 Å². The summed E-state index contributed by atoms with van der Waals surface area (Å²) in [5.41, 5.74) is -1.28. The van der Waals surface area contributed by atoms with Crippen molar-refractivity contribution >= 4 is 15.9 Å². The molecule has 0 spiro atoms. The van der Waals surface area contributed by atoms with Crippen molar-refractivity contribution < 1.29 is 18.3 Å². The van der Waals surface area contributed by atoms with Gasteiger partial charge in [-0.05, 0) is 22.0 Å². The molecule has 72 valence electrons. The smallest absolute Gasteiger partial charge is 0.392 e. The SMILES string of the molecule is OCc1ccc(Br)nc1C(F)(F)F. The minimum absolute atomic E-state index is 0.0945. The number of rotatable bonds is 1. The second-order valence-electron chi connectivity index (χ2n) is 2.30. The van der Waals surface area contributed by atoms with Crippen LogP contribution in [-0.2, 0) is 12.8 Å². The summed E-state index contributed by atoms with van der Waals surface area (Å²) in [6.07, 6.45) is -4.53. The minimum atomic E-state index is -4.53. The summed E-state index contributed by atoms with van der Waals surface area (Å²) >= 11 is 2.83. The fourth-order valence-corrected chi connectivity index (χ4v) is 1.15. The third-order valence-corrected chi connectivity index (χ3v) is 1.83. The molecular formula is C7H5BrF3NO. The van der Waals surface area contributed by atoms with Gasteiger partial charge in [-0.25, -0.2) is 4.98 Å². The largest absolute Gasteiger partial charge is 0.433 e. The fraction of sp³-hybridized carbons (Fsp3) is 0.286. The van der Waals surface area contributed by atoms with Crippen molar-refractivity contribution in [1.82, 2.24) is 4.98 Å². The molecule has 0 atom stereocenters. The quantitative estimate of drug-likeness (QED) is 0.782. The monoisotopic (exact) mass is 255 g/mol. The predicted octanol–water partition coefficient (Wildman–Crippen LogP) is 2.36. The molecule has 0 aliphatic carbocycles. The van der Waals surface area contributed by atoms with Crippen molar-refractivity contribution in [3.63, 3.8) is 0 Å². The second kappa shape index (κ2) is 3.63. The number of halogens is 4. The molecule has 1 rings (SSSR count). The van der Waals surface area contributed by atoms with E-state index in [9.17, 15) is 13.2 Å². The van der Waals surface area contributed by atoms with Crippen LogP contribution in [0.4, 0.5) is 13.2 Å². The molecule has 0 aromatic carbocycles. The van der Waals surface area contributed by atoms with E-state index in [0.29, 0.717) is 0 Å². The zero-order valence-electron chi connectivity index (χ0n) is 6.27. The Bertz CT molecular complexity index is 313. The molecule has 1 aromatic heterocycles. The number of aliphatic hydroxyl groups is 1. The van der Waals surface area contributed by atoms with E-state index in [1.807, 2.05) is 0 Å². The van der Waals surface area contributed by atoms with Gasteiger partial charge in [-0.1, -0.05) is 6.07 Å². The van der Waals surface area contributed by atoms with Crippen LogP contribution in [0.25, 0.3) is 0 Å². The second-order valence-corrected chi connectivity index (χ2v) is 3.11. The number of alkyl halides is 3. The van der Waals surface area contributed by atoms with Gasteiger partial charge in [-0.15, -0.1) is 0 Å². The molecule has 6 heteroatoms. The van der Waals surface area contributed by atoms with Crippen LogP contribution in [-0.4, -0.2) is 10.1 Å². The van der Waals surface area contributed by atoms with Gasteiger partial charge < -0.3 is 5.11 Å². The van der Waals surface area contributed by atoms with Gasteiger partial charge in [0.1, 0.15) is 4.60 Å².